The number of nitrogens with zero attached hydrogens (tertiary/aromatic N) is 4. The van der Waals surface area contributed by atoms with E-state index >= 15 is 0 Å². The molecular formula is C22H27N5O2S. The topological polar surface area (TPSA) is 91.1 Å². The molecule has 1 N–H and O–H groups in total. The Kier molecular flexibility index (Phi) is 5.65. The van der Waals surface area contributed by atoms with Crippen molar-refractivity contribution in [2.24, 2.45) is 5.92 Å². The molecule has 0 aliphatic carbocycles. The summed E-state index contributed by atoms with van der Waals surface area (Å²) in [5.74, 6) is 1.28. The number of carbonyl (C=O) groups is 1. The number of ether oxygens (including phenoxy) is 1. The van der Waals surface area contributed by atoms with Gasteiger partial charge in [-0.25, -0.2) is 14.8 Å². The Balaban J connectivity index is 1.38. The molecule has 2 fully saturated rings. The zero-order valence-electron chi connectivity index (χ0n) is 17.6. The lowest BCUT2D eigenvalue weighted by atomic mass is 9.86. The summed E-state index contributed by atoms with van der Waals surface area (Å²) in [4.78, 5) is 23.2. The van der Waals surface area contributed by atoms with E-state index in [4.69, 9.17) is 10.00 Å². The van der Waals surface area contributed by atoms with Crippen LogP contribution in [0, 0.1) is 17.2 Å². The predicted octanol–water partition coefficient (Wildman–Crippen LogP) is 4.87. The lowest BCUT2D eigenvalue weighted by Gasteiger charge is -2.39. The SMILES string of the molecule is CC(C)(C)OC(=O)N1C2CCC1CC(Cc1ccnc(Nc3nc(C#N)cs3)c1)C2. The number of nitrogens with one attached hydrogen (secondary N) is 1. The van der Waals surface area contributed by atoms with Gasteiger partial charge in [-0.05, 0) is 76.5 Å². The molecule has 30 heavy (non-hydrogen) atoms. The number of aromatic nitrogens is 2. The van der Waals surface area contributed by atoms with E-state index in [1.54, 1.807) is 11.6 Å². The van der Waals surface area contributed by atoms with E-state index in [9.17, 15) is 4.79 Å². The lowest BCUT2D eigenvalue weighted by molar-refractivity contribution is 0.00216. The quantitative estimate of drug-likeness (QED) is 0.751. The zero-order chi connectivity index (χ0) is 21.3. The molecule has 0 radical (unpaired) electrons. The molecule has 0 spiro atoms. The van der Waals surface area contributed by atoms with Crippen LogP contribution in [0.3, 0.4) is 0 Å². The molecule has 2 aromatic heterocycles. The Bertz CT molecular complexity index is 947. The first kappa shape index (κ1) is 20.6. The first-order chi connectivity index (χ1) is 14.3. The number of rotatable bonds is 4. The van der Waals surface area contributed by atoms with Crippen molar-refractivity contribution in [2.75, 3.05) is 5.32 Å². The van der Waals surface area contributed by atoms with Crippen molar-refractivity contribution in [1.29, 1.82) is 5.26 Å². The highest BCUT2D eigenvalue weighted by Crippen LogP contribution is 2.40. The van der Waals surface area contributed by atoms with E-state index in [0.29, 0.717) is 16.7 Å². The van der Waals surface area contributed by atoms with Crippen molar-refractivity contribution in [3.8, 4) is 6.07 Å². The van der Waals surface area contributed by atoms with Gasteiger partial charge in [0.25, 0.3) is 0 Å². The van der Waals surface area contributed by atoms with Crippen LogP contribution in [0.2, 0.25) is 0 Å². The van der Waals surface area contributed by atoms with Gasteiger partial charge in [0, 0.05) is 23.7 Å². The molecule has 2 saturated heterocycles. The van der Waals surface area contributed by atoms with Gasteiger partial charge in [0.05, 0.1) is 0 Å². The highest BCUT2D eigenvalue weighted by Gasteiger charge is 2.44. The summed E-state index contributed by atoms with van der Waals surface area (Å²) in [6, 6.07) is 6.70. The van der Waals surface area contributed by atoms with Crippen LogP contribution >= 0.6 is 11.3 Å². The van der Waals surface area contributed by atoms with E-state index in [0.717, 1.165) is 37.9 Å². The standard InChI is InChI=1S/C22H27N5O2S/c1-22(2,3)29-21(28)27-17-4-5-18(27)10-15(9-17)8-14-6-7-24-19(11-14)26-20-25-16(12-23)13-30-20/h6-7,11,13,15,17-18H,4-5,8-10H2,1-3H3,(H,24,25,26). The van der Waals surface area contributed by atoms with Crippen molar-refractivity contribution < 1.29 is 9.53 Å². The monoisotopic (exact) mass is 425 g/mol. The fraction of sp³-hybridized carbons (Fsp3) is 0.545. The van der Waals surface area contributed by atoms with Crippen molar-refractivity contribution in [3.63, 3.8) is 0 Å². The molecule has 2 atom stereocenters. The van der Waals surface area contributed by atoms with Crippen LogP contribution in [0.25, 0.3) is 0 Å². The average Bonchev–Trinajstić information content (AvgIpc) is 3.23. The molecular weight excluding hydrogens is 398 g/mol. The van der Waals surface area contributed by atoms with E-state index in [1.807, 2.05) is 31.7 Å². The van der Waals surface area contributed by atoms with Crippen LogP contribution in [0.15, 0.2) is 23.7 Å². The second-order valence-corrected chi connectivity index (χ2v) is 10.00. The third-order valence-corrected chi connectivity index (χ3v) is 6.40. The summed E-state index contributed by atoms with van der Waals surface area (Å²) in [7, 11) is 0. The minimum absolute atomic E-state index is 0.163. The minimum atomic E-state index is -0.459. The fourth-order valence-electron chi connectivity index (χ4n) is 4.56. The fourth-order valence-corrected chi connectivity index (χ4v) is 5.21. The number of nitriles is 1. The molecule has 2 aromatic rings. The largest absolute Gasteiger partial charge is 0.444 e. The number of piperidine rings is 1. The number of carbonyl (C=O) groups excluding carboxylic acids is 1. The van der Waals surface area contributed by atoms with Crippen molar-refractivity contribution in [3.05, 3.63) is 35.0 Å². The molecule has 2 aliphatic rings. The molecule has 2 bridgehead atoms. The predicted molar refractivity (Wildman–Crippen MR) is 116 cm³/mol. The average molecular weight is 426 g/mol. The number of hydrogen-bond donors (Lipinski definition) is 1. The maximum absolute atomic E-state index is 12.6. The first-order valence-corrected chi connectivity index (χ1v) is 11.3. The summed E-state index contributed by atoms with van der Waals surface area (Å²) in [5.41, 5.74) is 1.17. The highest BCUT2D eigenvalue weighted by atomic mass is 32.1. The normalized spacial score (nSPS) is 23.1. The second-order valence-electron chi connectivity index (χ2n) is 9.14. The van der Waals surface area contributed by atoms with Crippen molar-refractivity contribution in [2.45, 2.75) is 70.6 Å². The van der Waals surface area contributed by atoms with Gasteiger partial charge in [0.2, 0.25) is 0 Å². The number of fused-ring (bicyclic) bond motifs is 2. The van der Waals surface area contributed by atoms with Gasteiger partial charge in [-0.2, -0.15) is 5.26 Å². The Hall–Kier alpha value is -2.66. The number of pyridine rings is 1. The first-order valence-electron chi connectivity index (χ1n) is 10.4. The Morgan fingerprint density at radius 2 is 2.10 bits per heavy atom. The maximum atomic E-state index is 12.6. The summed E-state index contributed by atoms with van der Waals surface area (Å²) >= 11 is 1.39. The summed E-state index contributed by atoms with van der Waals surface area (Å²) in [6.07, 6.45) is 6.76. The summed E-state index contributed by atoms with van der Waals surface area (Å²) in [5, 5.41) is 14.5. The van der Waals surface area contributed by atoms with Gasteiger partial charge in [-0.3, -0.25) is 0 Å². The molecule has 0 saturated carbocycles. The van der Waals surface area contributed by atoms with Gasteiger partial charge >= 0.3 is 6.09 Å². The Morgan fingerprint density at radius 1 is 1.37 bits per heavy atom. The number of anilines is 2. The number of thiazole rings is 1. The third kappa shape index (κ3) is 4.73. The van der Waals surface area contributed by atoms with Crippen molar-refractivity contribution in [1.82, 2.24) is 14.9 Å². The summed E-state index contributed by atoms with van der Waals surface area (Å²) < 4.78 is 5.64. The maximum Gasteiger partial charge on any atom is 0.410 e. The van der Waals surface area contributed by atoms with Crippen LogP contribution < -0.4 is 5.32 Å². The third-order valence-electron chi connectivity index (χ3n) is 5.64. The Morgan fingerprint density at radius 3 is 2.73 bits per heavy atom. The number of hydrogen-bond acceptors (Lipinski definition) is 7. The molecule has 2 unspecified atom stereocenters. The smallest absolute Gasteiger partial charge is 0.410 e. The molecule has 1 amide bonds. The van der Waals surface area contributed by atoms with Gasteiger partial charge in [-0.1, -0.05) is 0 Å². The van der Waals surface area contributed by atoms with E-state index in [1.165, 1.54) is 16.9 Å². The summed E-state index contributed by atoms with van der Waals surface area (Å²) in [6.45, 7) is 5.75. The number of amides is 1. The zero-order valence-corrected chi connectivity index (χ0v) is 18.4. The molecule has 2 aliphatic heterocycles. The van der Waals surface area contributed by atoms with E-state index < -0.39 is 5.60 Å². The van der Waals surface area contributed by atoms with Crippen LogP contribution in [-0.2, 0) is 11.2 Å². The highest BCUT2D eigenvalue weighted by molar-refractivity contribution is 7.13. The van der Waals surface area contributed by atoms with Crippen molar-refractivity contribution >= 4 is 28.4 Å². The van der Waals surface area contributed by atoms with Gasteiger partial charge in [0.15, 0.2) is 10.8 Å². The molecule has 158 valence electrons. The van der Waals surface area contributed by atoms with Gasteiger partial charge in [-0.15, -0.1) is 11.3 Å². The van der Waals surface area contributed by atoms with Crippen LogP contribution in [-0.4, -0.2) is 38.6 Å². The molecule has 0 aromatic carbocycles. The minimum Gasteiger partial charge on any atom is -0.444 e. The van der Waals surface area contributed by atoms with Crippen LogP contribution in [0.1, 0.15) is 57.7 Å². The molecule has 4 rings (SSSR count). The lowest BCUT2D eigenvalue weighted by Crippen LogP contribution is -2.48. The van der Waals surface area contributed by atoms with E-state index in [-0.39, 0.29) is 18.2 Å². The molecule has 8 heteroatoms. The van der Waals surface area contributed by atoms with Gasteiger partial charge in [0.1, 0.15) is 17.5 Å². The molecule has 7 nitrogen and oxygen atoms in total. The van der Waals surface area contributed by atoms with Crippen LogP contribution in [0.5, 0.6) is 0 Å². The molecule has 4 heterocycles. The Labute approximate surface area is 181 Å². The van der Waals surface area contributed by atoms with Crippen LogP contribution in [0.4, 0.5) is 15.7 Å². The second kappa shape index (κ2) is 8.23. The van der Waals surface area contributed by atoms with Gasteiger partial charge < -0.3 is 15.0 Å². The van der Waals surface area contributed by atoms with E-state index in [2.05, 4.69) is 27.4 Å².